The monoisotopic (exact) mass is 575 g/mol. The Hall–Kier alpha value is -4.70. The minimum Gasteiger partial charge on any atom is -0.508 e. The van der Waals surface area contributed by atoms with Gasteiger partial charge in [0.1, 0.15) is 23.9 Å². The zero-order valence-corrected chi connectivity index (χ0v) is 22.5. The van der Waals surface area contributed by atoms with Crippen LogP contribution in [0.4, 0.5) is 0 Å². The Morgan fingerprint density at radius 2 is 1.66 bits per heavy atom. The van der Waals surface area contributed by atoms with Crippen LogP contribution in [0.15, 0.2) is 41.8 Å². The van der Waals surface area contributed by atoms with Gasteiger partial charge in [-0.15, -0.1) is 0 Å². The molecule has 41 heavy (non-hydrogen) atoms. The summed E-state index contributed by atoms with van der Waals surface area (Å²) in [6.07, 6.45) is 1.80. The first kappa shape index (κ1) is 32.5. The number of carboxylic acid groups (broad SMARTS) is 1. The van der Waals surface area contributed by atoms with E-state index in [0.29, 0.717) is 17.7 Å². The second-order valence-corrected chi connectivity index (χ2v) is 9.39. The van der Waals surface area contributed by atoms with E-state index in [1.807, 2.05) is 0 Å². The molecule has 0 aliphatic heterocycles. The van der Waals surface area contributed by atoms with Gasteiger partial charge in [0.15, 0.2) is 5.96 Å². The van der Waals surface area contributed by atoms with Gasteiger partial charge in [0.25, 0.3) is 0 Å². The number of nitrogens with zero attached hydrogens (tertiary/aromatic N) is 2. The fraction of sp³-hybridized carbons (Fsp3) is 0.440. The number of amides is 3. The van der Waals surface area contributed by atoms with E-state index >= 15 is 0 Å². The summed E-state index contributed by atoms with van der Waals surface area (Å²) in [5.74, 6) is -3.86. The number of carboxylic acids is 1. The molecule has 1 aromatic heterocycles. The van der Waals surface area contributed by atoms with Crippen LogP contribution in [0.2, 0.25) is 0 Å². The number of phenolic OH excluding ortho intramolecular Hbond substituents is 1. The van der Waals surface area contributed by atoms with Crippen molar-refractivity contribution in [3.63, 3.8) is 0 Å². The van der Waals surface area contributed by atoms with Crippen molar-refractivity contribution in [2.24, 2.45) is 22.2 Å². The highest BCUT2D eigenvalue weighted by atomic mass is 16.4. The lowest BCUT2D eigenvalue weighted by atomic mass is 10.0. The molecule has 5 unspecified atom stereocenters. The second kappa shape index (κ2) is 15.8. The molecule has 0 spiro atoms. The highest BCUT2D eigenvalue weighted by Crippen LogP contribution is 2.12. The number of carbonyl (C=O) groups excluding carboxylic acids is 3. The normalized spacial score (nSPS) is 14.5. The number of aliphatic imine (C=N–C) groups is 1. The van der Waals surface area contributed by atoms with Crippen LogP contribution in [0, 0.1) is 0 Å². The third kappa shape index (κ3) is 11.1. The van der Waals surface area contributed by atoms with Crippen LogP contribution in [0.1, 0.15) is 31.0 Å². The van der Waals surface area contributed by atoms with Crippen LogP contribution in [0.25, 0.3) is 0 Å². The van der Waals surface area contributed by atoms with Gasteiger partial charge < -0.3 is 53.5 Å². The maximum absolute atomic E-state index is 13.2. The molecule has 0 radical (unpaired) electrons. The number of nitrogens with one attached hydrogen (secondary N) is 4. The molecule has 16 heteroatoms. The number of aliphatic hydroxyl groups is 1. The van der Waals surface area contributed by atoms with Crippen molar-refractivity contribution in [3.8, 4) is 5.75 Å². The molecule has 0 fully saturated rings. The smallest absolute Gasteiger partial charge is 0.326 e. The van der Waals surface area contributed by atoms with E-state index in [1.165, 1.54) is 43.7 Å². The Bertz CT molecular complexity index is 1180. The Labute approximate surface area is 235 Å². The Morgan fingerprint density at radius 1 is 1.00 bits per heavy atom. The summed E-state index contributed by atoms with van der Waals surface area (Å²) >= 11 is 0. The van der Waals surface area contributed by atoms with Crippen molar-refractivity contribution in [1.82, 2.24) is 25.9 Å². The molecular formula is C25H37N9O7. The van der Waals surface area contributed by atoms with Crippen molar-refractivity contribution in [1.29, 1.82) is 0 Å². The number of H-pyrrole nitrogens is 1. The number of benzene rings is 1. The van der Waals surface area contributed by atoms with E-state index in [2.05, 4.69) is 30.9 Å². The molecule has 0 saturated heterocycles. The van der Waals surface area contributed by atoms with Crippen LogP contribution < -0.4 is 33.2 Å². The quantitative estimate of drug-likeness (QED) is 0.0554. The van der Waals surface area contributed by atoms with E-state index in [-0.39, 0.29) is 37.5 Å². The first-order valence-corrected chi connectivity index (χ1v) is 12.8. The zero-order chi connectivity index (χ0) is 30.5. The number of hydrogen-bond donors (Lipinski definition) is 10. The van der Waals surface area contributed by atoms with Gasteiger partial charge in [-0.1, -0.05) is 12.1 Å². The van der Waals surface area contributed by atoms with Crippen LogP contribution in [0.5, 0.6) is 5.75 Å². The highest BCUT2D eigenvalue weighted by Gasteiger charge is 2.32. The number of aliphatic carboxylic acids is 1. The Kier molecular flexibility index (Phi) is 12.5. The van der Waals surface area contributed by atoms with Crippen LogP contribution in [-0.2, 0) is 32.0 Å². The molecule has 0 aliphatic rings. The number of aromatic hydroxyl groups is 1. The van der Waals surface area contributed by atoms with Crippen molar-refractivity contribution in [2.75, 3.05) is 6.54 Å². The summed E-state index contributed by atoms with van der Waals surface area (Å²) in [7, 11) is 0. The molecule has 16 nitrogen and oxygen atoms in total. The number of imidazole rings is 1. The fourth-order valence-corrected chi connectivity index (χ4v) is 3.74. The molecule has 3 amide bonds. The lowest BCUT2D eigenvalue weighted by Crippen LogP contribution is -2.60. The first-order chi connectivity index (χ1) is 19.4. The van der Waals surface area contributed by atoms with E-state index < -0.39 is 54.0 Å². The fourth-order valence-electron chi connectivity index (χ4n) is 3.74. The summed E-state index contributed by atoms with van der Waals surface area (Å²) in [5, 5.41) is 36.7. The molecule has 0 aliphatic carbocycles. The predicted octanol–water partition coefficient (Wildman–Crippen LogP) is -2.80. The van der Waals surface area contributed by atoms with E-state index in [1.54, 1.807) is 0 Å². The summed E-state index contributed by atoms with van der Waals surface area (Å²) in [4.78, 5) is 61.3. The van der Waals surface area contributed by atoms with Crippen molar-refractivity contribution in [3.05, 3.63) is 48.0 Å². The molecule has 1 heterocycles. The van der Waals surface area contributed by atoms with Crippen molar-refractivity contribution < 1.29 is 34.5 Å². The number of aliphatic hydroxyl groups excluding tert-OH is 1. The number of rotatable bonds is 16. The van der Waals surface area contributed by atoms with Gasteiger partial charge in [0, 0.05) is 31.3 Å². The van der Waals surface area contributed by atoms with Gasteiger partial charge in [-0.3, -0.25) is 19.4 Å². The van der Waals surface area contributed by atoms with Crippen LogP contribution >= 0.6 is 0 Å². The van der Waals surface area contributed by atoms with Gasteiger partial charge >= 0.3 is 5.97 Å². The summed E-state index contributed by atoms with van der Waals surface area (Å²) < 4.78 is 0. The average molecular weight is 576 g/mol. The average Bonchev–Trinajstić information content (AvgIpc) is 3.42. The third-order valence-corrected chi connectivity index (χ3v) is 5.97. The van der Waals surface area contributed by atoms with Gasteiger partial charge in [-0.25, -0.2) is 9.78 Å². The predicted molar refractivity (Wildman–Crippen MR) is 147 cm³/mol. The largest absolute Gasteiger partial charge is 0.508 e. The molecule has 2 aromatic rings. The molecule has 0 saturated carbocycles. The highest BCUT2D eigenvalue weighted by molar-refractivity contribution is 5.94. The number of aromatic amines is 1. The summed E-state index contributed by atoms with van der Waals surface area (Å²) in [5.41, 5.74) is 17.4. The summed E-state index contributed by atoms with van der Waals surface area (Å²) in [6.45, 7) is 1.52. The molecular weight excluding hydrogens is 538 g/mol. The molecule has 1 aromatic carbocycles. The second-order valence-electron chi connectivity index (χ2n) is 9.39. The third-order valence-electron chi connectivity index (χ3n) is 5.97. The number of guanidine groups is 1. The van der Waals surface area contributed by atoms with Crippen LogP contribution in [-0.4, -0.2) is 91.8 Å². The SMILES string of the molecule is CC(O)C(NC(=O)C(N)CCCN=C(N)N)C(=O)NC(Cc1cnc[nH]1)C(=O)NC(Cc1ccc(O)cc1)C(=O)O. The molecule has 0 bridgehead atoms. The molecule has 2 rings (SSSR count). The number of carbonyl (C=O) groups is 4. The Balaban J connectivity index is 2.13. The maximum Gasteiger partial charge on any atom is 0.326 e. The van der Waals surface area contributed by atoms with E-state index in [0.717, 1.165) is 0 Å². The van der Waals surface area contributed by atoms with E-state index in [9.17, 15) is 34.5 Å². The van der Waals surface area contributed by atoms with Crippen molar-refractivity contribution in [2.45, 2.75) is 62.9 Å². The number of nitrogens with two attached hydrogens (primary N) is 3. The standard InChI is InChI=1S/C25H37N9O7/c1-13(35)20(34-21(37)17(26)3-2-8-30-25(27)28)23(39)32-18(10-15-11-29-12-31-15)22(38)33-19(24(40)41)9-14-4-6-16(36)7-5-14/h4-7,11-13,17-20,35-36H,2-3,8-10,26H2,1H3,(H,29,31)(H,32,39)(H,33,38)(H,34,37)(H,40,41)(H4,27,28,30). The van der Waals surface area contributed by atoms with Crippen LogP contribution in [0.3, 0.4) is 0 Å². The van der Waals surface area contributed by atoms with Gasteiger partial charge in [-0.2, -0.15) is 0 Å². The van der Waals surface area contributed by atoms with Crippen molar-refractivity contribution >= 4 is 29.7 Å². The Morgan fingerprint density at radius 3 is 2.22 bits per heavy atom. The van der Waals surface area contributed by atoms with Gasteiger partial charge in [-0.05, 0) is 37.5 Å². The minimum absolute atomic E-state index is 0.00125. The number of hydrogen-bond acceptors (Lipinski definition) is 9. The maximum atomic E-state index is 13.2. The molecule has 5 atom stereocenters. The molecule has 224 valence electrons. The molecule has 13 N–H and O–H groups in total. The lowest BCUT2D eigenvalue weighted by molar-refractivity contribution is -0.142. The van der Waals surface area contributed by atoms with E-state index in [4.69, 9.17) is 17.2 Å². The number of aromatic nitrogens is 2. The summed E-state index contributed by atoms with van der Waals surface area (Å²) in [6, 6.07) is 0.628. The van der Waals surface area contributed by atoms with Gasteiger partial charge in [0.05, 0.1) is 18.5 Å². The number of phenols is 1. The minimum atomic E-state index is -1.48. The van der Waals surface area contributed by atoms with Gasteiger partial charge in [0.2, 0.25) is 17.7 Å². The zero-order valence-electron chi connectivity index (χ0n) is 22.5. The lowest BCUT2D eigenvalue weighted by Gasteiger charge is -2.26. The first-order valence-electron chi connectivity index (χ1n) is 12.8. The topological polar surface area (TPSA) is 284 Å².